The van der Waals surface area contributed by atoms with Crippen molar-refractivity contribution in [2.45, 2.75) is 26.7 Å². The number of rotatable bonds is 3. The molecule has 2 aromatic rings. The second-order valence-electron chi connectivity index (χ2n) is 6.18. The molecule has 0 spiro atoms. The van der Waals surface area contributed by atoms with Crippen molar-refractivity contribution in [3.05, 3.63) is 70.1 Å². The molecule has 24 heavy (non-hydrogen) atoms. The van der Waals surface area contributed by atoms with E-state index in [0.717, 1.165) is 16.8 Å². The van der Waals surface area contributed by atoms with Crippen molar-refractivity contribution in [3.63, 3.8) is 0 Å². The molecule has 0 unspecified atom stereocenters. The van der Waals surface area contributed by atoms with Gasteiger partial charge in [-0.2, -0.15) is 0 Å². The van der Waals surface area contributed by atoms with E-state index in [0.29, 0.717) is 15.1 Å². The summed E-state index contributed by atoms with van der Waals surface area (Å²) in [5.41, 5.74) is 4.24. The van der Waals surface area contributed by atoms with E-state index >= 15 is 0 Å². The van der Waals surface area contributed by atoms with Crippen LogP contribution in [0.15, 0.2) is 53.4 Å². The molecule has 0 N–H and O–H groups in total. The normalized spacial score (nSPS) is 16.5. The molecule has 3 rings (SSSR count). The summed E-state index contributed by atoms with van der Waals surface area (Å²) in [4.78, 5) is 15.0. The number of benzene rings is 2. The average molecular weight is 354 g/mol. The van der Waals surface area contributed by atoms with Gasteiger partial charge in [-0.3, -0.25) is 9.69 Å². The van der Waals surface area contributed by atoms with Gasteiger partial charge in [-0.25, -0.2) is 0 Å². The zero-order valence-corrected chi connectivity index (χ0v) is 15.6. The zero-order chi connectivity index (χ0) is 17.3. The number of carbonyl (C=O) groups is 1. The fraction of sp³-hybridized carbons (Fsp3) is 0.200. The van der Waals surface area contributed by atoms with E-state index in [1.54, 1.807) is 4.90 Å². The lowest BCUT2D eigenvalue weighted by Crippen LogP contribution is -2.27. The van der Waals surface area contributed by atoms with Gasteiger partial charge >= 0.3 is 0 Å². The first-order valence-electron chi connectivity index (χ1n) is 7.90. The highest BCUT2D eigenvalue weighted by Crippen LogP contribution is 2.36. The Kier molecular flexibility index (Phi) is 4.88. The third kappa shape index (κ3) is 3.45. The summed E-state index contributed by atoms with van der Waals surface area (Å²) in [6, 6.07) is 16.2. The predicted molar refractivity (Wildman–Crippen MR) is 107 cm³/mol. The molecule has 0 aliphatic carbocycles. The van der Waals surface area contributed by atoms with Crippen LogP contribution in [0.4, 0.5) is 5.69 Å². The van der Waals surface area contributed by atoms with Crippen LogP contribution >= 0.6 is 24.0 Å². The number of nitrogens with zero attached hydrogens (tertiary/aromatic N) is 1. The molecule has 0 aromatic heterocycles. The minimum absolute atomic E-state index is 0.0523. The van der Waals surface area contributed by atoms with Gasteiger partial charge in [-0.1, -0.05) is 74.2 Å². The van der Waals surface area contributed by atoms with E-state index in [2.05, 4.69) is 38.1 Å². The lowest BCUT2D eigenvalue weighted by atomic mass is 10.0. The van der Waals surface area contributed by atoms with Gasteiger partial charge in [0.2, 0.25) is 0 Å². The van der Waals surface area contributed by atoms with Gasteiger partial charge in [0.25, 0.3) is 5.91 Å². The number of hydrogen-bond donors (Lipinski definition) is 0. The summed E-state index contributed by atoms with van der Waals surface area (Å²) in [5, 5.41) is 0. The quantitative estimate of drug-likeness (QED) is 0.535. The number of aryl methyl sites for hydroxylation is 1. The van der Waals surface area contributed by atoms with Crippen molar-refractivity contribution in [3.8, 4) is 0 Å². The van der Waals surface area contributed by atoms with Crippen molar-refractivity contribution in [1.82, 2.24) is 0 Å². The third-order valence-electron chi connectivity index (χ3n) is 3.95. The molecular weight excluding hydrogens is 334 g/mol. The lowest BCUT2D eigenvalue weighted by molar-refractivity contribution is -0.113. The summed E-state index contributed by atoms with van der Waals surface area (Å²) >= 11 is 6.78. The molecule has 0 atom stereocenters. The van der Waals surface area contributed by atoms with E-state index < -0.39 is 0 Å². The van der Waals surface area contributed by atoms with E-state index in [9.17, 15) is 4.79 Å². The highest BCUT2D eigenvalue weighted by molar-refractivity contribution is 8.27. The van der Waals surface area contributed by atoms with E-state index in [1.807, 2.05) is 37.3 Å². The van der Waals surface area contributed by atoms with Gasteiger partial charge in [-0.05, 0) is 47.7 Å². The molecule has 0 saturated carbocycles. The molecule has 122 valence electrons. The molecular formula is C20H19NOS2. The van der Waals surface area contributed by atoms with Crippen LogP contribution in [0, 0.1) is 6.92 Å². The van der Waals surface area contributed by atoms with Crippen molar-refractivity contribution >= 4 is 46.0 Å². The summed E-state index contributed by atoms with van der Waals surface area (Å²) in [5.74, 6) is 0.446. The highest BCUT2D eigenvalue weighted by Gasteiger charge is 2.33. The predicted octanol–water partition coefficient (Wildman–Crippen LogP) is 5.52. The fourth-order valence-electron chi connectivity index (χ4n) is 2.59. The largest absolute Gasteiger partial charge is 0.270 e. The van der Waals surface area contributed by atoms with E-state index in [4.69, 9.17) is 12.2 Å². The van der Waals surface area contributed by atoms with Crippen molar-refractivity contribution in [1.29, 1.82) is 0 Å². The second-order valence-corrected chi connectivity index (χ2v) is 7.85. The molecule has 1 heterocycles. The van der Waals surface area contributed by atoms with E-state index in [1.165, 1.54) is 17.3 Å². The number of carbonyl (C=O) groups excluding carboxylic acids is 1. The minimum Gasteiger partial charge on any atom is -0.268 e. The van der Waals surface area contributed by atoms with Crippen LogP contribution in [0.3, 0.4) is 0 Å². The monoisotopic (exact) mass is 353 g/mol. The molecule has 1 aliphatic heterocycles. The maximum atomic E-state index is 12.8. The van der Waals surface area contributed by atoms with Crippen molar-refractivity contribution < 1.29 is 4.79 Å². The molecule has 1 fully saturated rings. The van der Waals surface area contributed by atoms with Crippen LogP contribution in [-0.2, 0) is 4.79 Å². The van der Waals surface area contributed by atoms with Crippen LogP contribution in [-0.4, -0.2) is 10.2 Å². The first-order valence-corrected chi connectivity index (χ1v) is 9.13. The minimum atomic E-state index is -0.0523. The number of amides is 1. The Labute approximate surface area is 152 Å². The Balaban J connectivity index is 1.88. The molecule has 1 saturated heterocycles. The van der Waals surface area contributed by atoms with Crippen LogP contribution in [0.1, 0.15) is 36.5 Å². The zero-order valence-electron chi connectivity index (χ0n) is 13.9. The summed E-state index contributed by atoms with van der Waals surface area (Å²) < 4.78 is 0.579. The molecule has 2 nitrogen and oxygen atoms in total. The SMILES string of the molecule is Cc1cccc(N2C(=O)/C(=C/c3ccc(C(C)C)cc3)SC2=S)c1. The first kappa shape index (κ1) is 16.9. The number of anilines is 1. The van der Waals surface area contributed by atoms with Gasteiger partial charge in [0, 0.05) is 0 Å². The standard InChI is InChI=1S/C20H19NOS2/c1-13(2)16-9-7-15(8-10-16)12-18-19(22)21(20(23)24-18)17-6-4-5-14(3)11-17/h4-13H,1-3H3/b18-12-. The summed E-state index contributed by atoms with van der Waals surface area (Å²) in [7, 11) is 0. The molecule has 4 heteroatoms. The molecule has 1 aliphatic rings. The van der Waals surface area contributed by atoms with Crippen LogP contribution < -0.4 is 4.90 Å². The Morgan fingerprint density at radius 3 is 2.46 bits per heavy atom. The Hall–Kier alpha value is -1.91. The van der Waals surface area contributed by atoms with Gasteiger partial charge < -0.3 is 0 Å². The maximum Gasteiger partial charge on any atom is 0.270 e. The molecule has 0 radical (unpaired) electrons. The van der Waals surface area contributed by atoms with Crippen LogP contribution in [0.5, 0.6) is 0 Å². The summed E-state index contributed by atoms with van der Waals surface area (Å²) in [6.45, 7) is 6.34. The average Bonchev–Trinajstić information content (AvgIpc) is 2.82. The highest BCUT2D eigenvalue weighted by atomic mass is 32.2. The lowest BCUT2D eigenvalue weighted by Gasteiger charge is -2.14. The Morgan fingerprint density at radius 1 is 1.12 bits per heavy atom. The first-order chi connectivity index (χ1) is 11.5. The maximum absolute atomic E-state index is 12.8. The Morgan fingerprint density at radius 2 is 1.83 bits per heavy atom. The molecule has 0 bridgehead atoms. The number of thiocarbonyl (C=S) groups is 1. The smallest absolute Gasteiger partial charge is 0.268 e. The van der Waals surface area contributed by atoms with Crippen LogP contribution in [0.2, 0.25) is 0 Å². The van der Waals surface area contributed by atoms with Gasteiger partial charge in [0.15, 0.2) is 4.32 Å². The second kappa shape index (κ2) is 6.91. The van der Waals surface area contributed by atoms with Crippen molar-refractivity contribution in [2.24, 2.45) is 0 Å². The van der Waals surface area contributed by atoms with E-state index in [-0.39, 0.29) is 5.91 Å². The van der Waals surface area contributed by atoms with Crippen molar-refractivity contribution in [2.75, 3.05) is 4.90 Å². The topological polar surface area (TPSA) is 20.3 Å². The molecule has 1 amide bonds. The molecule has 2 aromatic carbocycles. The summed E-state index contributed by atoms with van der Waals surface area (Å²) in [6.07, 6.45) is 1.92. The van der Waals surface area contributed by atoms with Gasteiger partial charge in [0.1, 0.15) is 0 Å². The van der Waals surface area contributed by atoms with Crippen LogP contribution in [0.25, 0.3) is 6.08 Å². The fourth-order valence-corrected chi connectivity index (χ4v) is 3.88. The third-order valence-corrected chi connectivity index (χ3v) is 5.26. The Bertz CT molecular complexity index is 822. The number of hydrogen-bond acceptors (Lipinski definition) is 3. The van der Waals surface area contributed by atoms with Gasteiger partial charge in [-0.15, -0.1) is 0 Å². The number of thioether (sulfide) groups is 1. The van der Waals surface area contributed by atoms with Gasteiger partial charge in [0.05, 0.1) is 10.6 Å².